The molecule has 8 nitrogen and oxygen atoms in total. The van der Waals surface area contributed by atoms with Crippen LogP contribution >= 0.6 is 0 Å². The summed E-state index contributed by atoms with van der Waals surface area (Å²) in [5.41, 5.74) is 1.30. The van der Waals surface area contributed by atoms with Gasteiger partial charge in [0.05, 0.1) is 12.1 Å². The van der Waals surface area contributed by atoms with Crippen molar-refractivity contribution in [1.82, 2.24) is 14.8 Å². The highest BCUT2D eigenvalue weighted by Crippen LogP contribution is 2.15. The number of fused-ring (bicyclic) bond motifs is 1. The lowest BCUT2D eigenvalue weighted by molar-refractivity contribution is -0.132. The first kappa shape index (κ1) is 19.0. The van der Waals surface area contributed by atoms with Gasteiger partial charge in [0.15, 0.2) is 5.58 Å². The number of alkyl carbamates (subject to hydrolysis) is 1. The first-order chi connectivity index (χ1) is 13.1. The lowest BCUT2D eigenvalue weighted by atomic mass is 10.1. The van der Waals surface area contributed by atoms with Crippen molar-refractivity contribution in [3.63, 3.8) is 0 Å². The minimum Gasteiger partial charge on any atom is -0.450 e. The second kappa shape index (κ2) is 8.75. The Kier molecular flexibility index (Phi) is 6.16. The van der Waals surface area contributed by atoms with Gasteiger partial charge >= 0.3 is 11.8 Å². The minimum absolute atomic E-state index is 0.0335. The number of piperidine rings is 1. The van der Waals surface area contributed by atoms with Crippen molar-refractivity contribution in [3.8, 4) is 0 Å². The van der Waals surface area contributed by atoms with Gasteiger partial charge in [-0.15, -0.1) is 0 Å². The monoisotopic (exact) mass is 375 g/mol. The molecule has 3 rings (SSSR count). The summed E-state index contributed by atoms with van der Waals surface area (Å²) >= 11 is 0. The van der Waals surface area contributed by atoms with Crippen molar-refractivity contribution in [2.75, 3.05) is 19.7 Å². The number of aryl methyl sites for hydroxylation is 1. The van der Waals surface area contributed by atoms with Crippen LogP contribution < -0.4 is 11.1 Å². The third-order valence-electron chi connectivity index (χ3n) is 4.72. The molecule has 2 amide bonds. The SMILES string of the molecule is CCOC(=O)N[C@@H]1CCCN(C(=O)CCCn2c(=O)oc3ccccc32)C1. The van der Waals surface area contributed by atoms with Gasteiger partial charge < -0.3 is 19.4 Å². The number of likely N-dealkylation sites (tertiary alicyclic amines) is 1. The van der Waals surface area contributed by atoms with Gasteiger partial charge in [-0.1, -0.05) is 12.1 Å². The van der Waals surface area contributed by atoms with Crippen molar-refractivity contribution >= 4 is 23.1 Å². The highest BCUT2D eigenvalue weighted by molar-refractivity contribution is 5.76. The number of rotatable bonds is 6. The van der Waals surface area contributed by atoms with E-state index in [1.54, 1.807) is 22.5 Å². The largest absolute Gasteiger partial charge is 0.450 e. The lowest BCUT2D eigenvalue weighted by Gasteiger charge is -2.33. The number of amides is 2. The van der Waals surface area contributed by atoms with Gasteiger partial charge in [0, 0.05) is 32.1 Å². The Hall–Kier alpha value is -2.77. The summed E-state index contributed by atoms with van der Waals surface area (Å²) in [4.78, 5) is 37.8. The van der Waals surface area contributed by atoms with E-state index in [-0.39, 0.29) is 11.9 Å². The van der Waals surface area contributed by atoms with Crippen LogP contribution in [0.2, 0.25) is 0 Å². The number of carbonyl (C=O) groups excluding carboxylic acids is 2. The predicted molar refractivity (Wildman–Crippen MR) is 99.5 cm³/mol. The fourth-order valence-corrected chi connectivity index (χ4v) is 3.43. The molecular formula is C19H25N3O5. The molecule has 8 heteroatoms. The summed E-state index contributed by atoms with van der Waals surface area (Å²) in [6, 6.07) is 7.17. The van der Waals surface area contributed by atoms with Crippen molar-refractivity contribution in [2.24, 2.45) is 0 Å². The maximum atomic E-state index is 12.5. The third-order valence-corrected chi connectivity index (χ3v) is 4.72. The Morgan fingerprint density at radius 2 is 2.15 bits per heavy atom. The van der Waals surface area contributed by atoms with Crippen molar-refractivity contribution in [1.29, 1.82) is 0 Å². The van der Waals surface area contributed by atoms with Crippen LogP contribution in [0.25, 0.3) is 11.1 Å². The Bertz CT molecular complexity index is 856. The zero-order valence-corrected chi connectivity index (χ0v) is 15.5. The summed E-state index contributed by atoms with van der Waals surface area (Å²) in [5, 5.41) is 2.80. The first-order valence-electron chi connectivity index (χ1n) is 9.38. The maximum Gasteiger partial charge on any atom is 0.419 e. The molecule has 1 aromatic carbocycles. The summed E-state index contributed by atoms with van der Waals surface area (Å²) in [6.07, 6.45) is 2.13. The number of benzene rings is 1. The molecule has 0 saturated carbocycles. The van der Waals surface area contributed by atoms with E-state index in [1.165, 1.54) is 0 Å². The predicted octanol–water partition coefficient (Wildman–Crippen LogP) is 2.11. The van der Waals surface area contributed by atoms with E-state index in [2.05, 4.69) is 5.32 Å². The Morgan fingerprint density at radius 3 is 2.96 bits per heavy atom. The van der Waals surface area contributed by atoms with Crippen molar-refractivity contribution < 1.29 is 18.7 Å². The van der Waals surface area contributed by atoms with E-state index in [4.69, 9.17) is 9.15 Å². The quantitative estimate of drug-likeness (QED) is 0.835. The van der Waals surface area contributed by atoms with Crippen LogP contribution in [0.5, 0.6) is 0 Å². The van der Waals surface area contributed by atoms with Gasteiger partial charge in [-0.2, -0.15) is 0 Å². The number of aromatic nitrogens is 1. The Balaban J connectivity index is 1.51. The molecule has 1 fully saturated rings. The third kappa shape index (κ3) is 4.69. The van der Waals surface area contributed by atoms with Crippen LogP contribution in [-0.4, -0.2) is 47.2 Å². The number of nitrogens with one attached hydrogen (secondary N) is 1. The van der Waals surface area contributed by atoms with E-state index in [0.717, 1.165) is 18.4 Å². The van der Waals surface area contributed by atoms with Crippen LogP contribution in [0, 0.1) is 0 Å². The molecule has 1 saturated heterocycles. The average Bonchev–Trinajstić information content (AvgIpc) is 2.97. The van der Waals surface area contributed by atoms with E-state index < -0.39 is 11.8 Å². The van der Waals surface area contributed by atoms with Gasteiger partial charge in [-0.05, 0) is 38.3 Å². The summed E-state index contributed by atoms with van der Waals surface area (Å²) in [5.74, 6) is -0.369. The zero-order chi connectivity index (χ0) is 19.2. The minimum atomic E-state index is -0.442. The molecule has 1 aliphatic rings. The fraction of sp³-hybridized carbons (Fsp3) is 0.526. The Labute approximate surface area is 157 Å². The summed E-state index contributed by atoms with van der Waals surface area (Å²) in [6.45, 7) is 3.69. The standard InChI is InChI=1S/C19H25N3O5/c1-2-26-18(24)20-14-7-5-11-21(13-14)17(23)10-6-12-22-15-8-3-4-9-16(15)27-19(22)25/h3-4,8-9,14H,2,5-7,10-13H2,1H3,(H,20,24)/t14-/m1/s1. The molecule has 1 aromatic heterocycles. The molecular weight excluding hydrogens is 350 g/mol. The molecule has 146 valence electrons. The first-order valence-corrected chi connectivity index (χ1v) is 9.38. The maximum absolute atomic E-state index is 12.5. The number of para-hydroxylation sites is 2. The molecule has 0 bridgehead atoms. The molecule has 1 N–H and O–H groups in total. The van der Waals surface area contributed by atoms with Gasteiger partial charge in [0.2, 0.25) is 5.91 Å². The van der Waals surface area contributed by atoms with Crippen LogP contribution in [0.1, 0.15) is 32.6 Å². The molecule has 0 unspecified atom stereocenters. The Morgan fingerprint density at radius 1 is 1.33 bits per heavy atom. The number of hydrogen-bond donors (Lipinski definition) is 1. The van der Waals surface area contributed by atoms with Crippen LogP contribution in [0.4, 0.5) is 4.79 Å². The number of ether oxygens (including phenoxy) is 1. The second-order valence-electron chi connectivity index (χ2n) is 6.63. The molecule has 2 heterocycles. The number of oxazole rings is 1. The van der Waals surface area contributed by atoms with Crippen LogP contribution in [0.3, 0.4) is 0 Å². The van der Waals surface area contributed by atoms with E-state index in [9.17, 15) is 14.4 Å². The van der Waals surface area contributed by atoms with Crippen molar-refractivity contribution in [2.45, 2.75) is 45.2 Å². The van der Waals surface area contributed by atoms with E-state index >= 15 is 0 Å². The summed E-state index contributed by atoms with van der Waals surface area (Å²) in [7, 11) is 0. The van der Waals surface area contributed by atoms with Gasteiger partial charge in [-0.3, -0.25) is 9.36 Å². The van der Waals surface area contributed by atoms with Gasteiger partial charge in [0.25, 0.3) is 0 Å². The normalized spacial score (nSPS) is 17.1. The lowest BCUT2D eigenvalue weighted by Crippen LogP contribution is -2.49. The zero-order valence-electron chi connectivity index (χ0n) is 15.5. The molecule has 2 aromatic rings. The van der Waals surface area contributed by atoms with Crippen LogP contribution in [0.15, 0.2) is 33.5 Å². The van der Waals surface area contributed by atoms with Crippen LogP contribution in [-0.2, 0) is 16.1 Å². The second-order valence-corrected chi connectivity index (χ2v) is 6.63. The number of nitrogens with zero attached hydrogens (tertiary/aromatic N) is 2. The molecule has 1 atom stereocenters. The van der Waals surface area contributed by atoms with Crippen molar-refractivity contribution in [3.05, 3.63) is 34.8 Å². The number of hydrogen-bond acceptors (Lipinski definition) is 5. The topological polar surface area (TPSA) is 93.8 Å². The summed E-state index contributed by atoms with van der Waals surface area (Å²) < 4.78 is 11.7. The molecule has 0 spiro atoms. The molecule has 0 radical (unpaired) electrons. The highest BCUT2D eigenvalue weighted by Gasteiger charge is 2.24. The molecule has 0 aliphatic carbocycles. The average molecular weight is 375 g/mol. The smallest absolute Gasteiger partial charge is 0.419 e. The highest BCUT2D eigenvalue weighted by atomic mass is 16.5. The van der Waals surface area contributed by atoms with Gasteiger partial charge in [0.1, 0.15) is 0 Å². The molecule has 1 aliphatic heterocycles. The van der Waals surface area contributed by atoms with E-state index in [0.29, 0.717) is 44.7 Å². The van der Waals surface area contributed by atoms with E-state index in [1.807, 2.05) is 18.2 Å². The number of carbonyl (C=O) groups is 2. The van der Waals surface area contributed by atoms with Gasteiger partial charge in [-0.25, -0.2) is 9.59 Å². The fourth-order valence-electron chi connectivity index (χ4n) is 3.43. The molecule has 27 heavy (non-hydrogen) atoms.